The lowest BCUT2D eigenvalue weighted by Crippen LogP contribution is -2.36. The molecule has 1 nitrogen and oxygen atoms in total. The van der Waals surface area contributed by atoms with Crippen molar-refractivity contribution in [3.63, 3.8) is 0 Å². The van der Waals surface area contributed by atoms with E-state index in [0.717, 1.165) is 12.8 Å². The van der Waals surface area contributed by atoms with Gasteiger partial charge in [0.1, 0.15) is 0 Å². The van der Waals surface area contributed by atoms with E-state index >= 15 is 0 Å². The predicted octanol–water partition coefficient (Wildman–Crippen LogP) is 5.87. The van der Waals surface area contributed by atoms with E-state index in [9.17, 15) is 0 Å². The van der Waals surface area contributed by atoms with E-state index in [4.69, 9.17) is 4.74 Å². The van der Waals surface area contributed by atoms with Crippen LogP contribution >= 0.6 is 0 Å². The van der Waals surface area contributed by atoms with Gasteiger partial charge in [-0.2, -0.15) is 0 Å². The summed E-state index contributed by atoms with van der Waals surface area (Å²) < 4.78 is 5.40. The van der Waals surface area contributed by atoms with Gasteiger partial charge in [-0.25, -0.2) is 0 Å². The quantitative estimate of drug-likeness (QED) is 0.572. The number of fused-ring (bicyclic) bond motifs is 4. The number of rotatable bonds is 3. The molecule has 0 spiro atoms. The van der Waals surface area contributed by atoms with Crippen molar-refractivity contribution in [1.82, 2.24) is 0 Å². The van der Waals surface area contributed by atoms with Crippen molar-refractivity contribution >= 4 is 0 Å². The highest BCUT2D eigenvalue weighted by molar-refractivity contribution is 5.51. The van der Waals surface area contributed by atoms with Gasteiger partial charge >= 0.3 is 0 Å². The Morgan fingerprint density at radius 1 is 0.889 bits per heavy atom. The maximum atomic E-state index is 5.40. The predicted molar refractivity (Wildman–Crippen MR) is 110 cm³/mol. The molecule has 3 aromatic carbocycles. The second-order valence-corrected chi connectivity index (χ2v) is 8.45. The number of benzene rings is 3. The Morgan fingerprint density at radius 2 is 1.63 bits per heavy atom. The van der Waals surface area contributed by atoms with Crippen LogP contribution in [0.15, 0.2) is 72.8 Å². The van der Waals surface area contributed by atoms with Gasteiger partial charge in [-0.15, -0.1) is 0 Å². The molecule has 0 amide bonds. The molecule has 0 bridgehead atoms. The van der Waals surface area contributed by atoms with Crippen LogP contribution in [0.3, 0.4) is 0 Å². The van der Waals surface area contributed by atoms with E-state index in [-0.39, 0.29) is 5.41 Å². The molecule has 0 radical (unpaired) electrons. The Kier molecular flexibility index (Phi) is 3.94. The van der Waals surface area contributed by atoms with Crippen LogP contribution in [-0.2, 0) is 24.2 Å². The van der Waals surface area contributed by atoms with Crippen molar-refractivity contribution in [3.05, 3.63) is 106 Å². The van der Waals surface area contributed by atoms with Crippen LogP contribution < -0.4 is 0 Å². The fraction of sp³-hybridized carbons (Fsp3) is 0.308. The Hall–Kier alpha value is -2.38. The molecule has 0 fully saturated rings. The topological polar surface area (TPSA) is 9.23 Å². The summed E-state index contributed by atoms with van der Waals surface area (Å²) in [4.78, 5) is 0. The summed E-state index contributed by atoms with van der Waals surface area (Å²) in [5.74, 6) is 0.997. The van der Waals surface area contributed by atoms with Crippen LogP contribution in [0.2, 0.25) is 0 Å². The number of hydrogen-bond acceptors (Lipinski definition) is 1. The summed E-state index contributed by atoms with van der Waals surface area (Å²) >= 11 is 0. The van der Waals surface area contributed by atoms with Crippen LogP contribution in [0.1, 0.15) is 52.1 Å². The lowest BCUT2D eigenvalue weighted by molar-refractivity contribution is 0.184. The number of hydrogen-bond donors (Lipinski definition) is 0. The van der Waals surface area contributed by atoms with Gasteiger partial charge in [-0.1, -0.05) is 79.7 Å². The van der Waals surface area contributed by atoms with Gasteiger partial charge in [0.25, 0.3) is 0 Å². The molecule has 5 rings (SSSR count). The van der Waals surface area contributed by atoms with Gasteiger partial charge < -0.3 is 4.74 Å². The maximum absolute atomic E-state index is 5.40. The average molecular weight is 354 g/mol. The zero-order chi connectivity index (χ0) is 18.4. The Labute approximate surface area is 162 Å². The Morgan fingerprint density at radius 3 is 2.44 bits per heavy atom. The molecule has 3 atom stereocenters. The first-order chi connectivity index (χ1) is 13.2. The van der Waals surface area contributed by atoms with Crippen molar-refractivity contribution in [2.45, 2.75) is 38.2 Å². The number of ether oxygens (including phenoxy) is 1. The van der Waals surface area contributed by atoms with Gasteiger partial charge in [-0.3, -0.25) is 0 Å². The molecule has 1 heteroatoms. The summed E-state index contributed by atoms with van der Waals surface area (Å²) in [7, 11) is 1.77. The SMILES string of the molecule is COCc1cccc([C@@H]2c3ccccc3C[C@H]3c4ccccc4C[C@@]23C)c1. The fourth-order valence-corrected chi connectivity index (χ4v) is 5.74. The third-order valence-corrected chi connectivity index (χ3v) is 6.84. The van der Waals surface area contributed by atoms with Crippen LogP contribution in [-0.4, -0.2) is 7.11 Å². The van der Waals surface area contributed by atoms with Crippen molar-refractivity contribution in [2.24, 2.45) is 5.41 Å². The van der Waals surface area contributed by atoms with E-state index in [2.05, 4.69) is 79.7 Å². The Balaban J connectivity index is 1.70. The Bertz CT molecular complexity index is 989. The molecule has 0 aromatic heterocycles. The third kappa shape index (κ3) is 2.56. The second kappa shape index (κ2) is 6.35. The van der Waals surface area contributed by atoms with Gasteiger partial charge in [0.05, 0.1) is 6.61 Å². The maximum Gasteiger partial charge on any atom is 0.0713 e. The van der Waals surface area contributed by atoms with E-state index in [1.807, 2.05) is 0 Å². The second-order valence-electron chi connectivity index (χ2n) is 8.45. The average Bonchev–Trinajstić information content (AvgIpc) is 2.98. The molecular formula is C26H26O. The van der Waals surface area contributed by atoms with Crippen molar-refractivity contribution in [2.75, 3.05) is 7.11 Å². The molecule has 0 N–H and O–H groups in total. The van der Waals surface area contributed by atoms with Crippen molar-refractivity contribution in [1.29, 1.82) is 0 Å². The standard InChI is InChI=1S/C26H26O/c1-26-16-21-10-4-5-12-22(21)24(26)15-19-9-3-6-13-23(19)25(26)20-11-7-8-18(14-20)17-27-2/h3-14,24-25H,15-17H2,1-2H3/t24-,25+,26+/m0/s1. The van der Waals surface area contributed by atoms with Crippen LogP contribution in [0.5, 0.6) is 0 Å². The van der Waals surface area contributed by atoms with Gasteiger partial charge in [-0.05, 0) is 57.6 Å². The monoisotopic (exact) mass is 354 g/mol. The van der Waals surface area contributed by atoms with Crippen LogP contribution in [0.25, 0.3) is 0 Å². The zero-order valence-corrected chi connectivity index (χ0v) is 16.1. The molecule has 3 aromatic rings. The van der Waals surface area contributed by atoms with E-state index in [0.29, 0.717) is 18.4 Å². The minimum Gasteiger partial charge on any atom is -0.380 e. The molecule has 0 heterocycles. The lowest BCUT2D eigenvalue weighted by Gasteiger charge is -2.45. The molecule has 27 heavy (non-hydrogen) atoms. The van der Waals surface area contributed by atoms with E-state index < -0.39 is 0 Å². The van der Waals surface area contributed by atoms with Gasteiger partial charge in [0.2, 0.25) is 0 Å². The van der Waals surface area contributed by atoms with E-state index in [1.165, 1.54) is 27.8 Å². The van der Waals surface area contributed by atoms with Gasteiger partial charge in [0.15, 0.2) is 0 Å². The molecule has 0 aliphatic heterocycles. The molecule has 0 saturated heterocycles. The van der Waals surface area contributed by atoms with Crippen molar-refractivity contribution in [3.8, 4) is 0 Å². The van der Waals surface area contributed by atoms with Gasteiger partial charge in [0, 0.05) is 13.0 Å². The zero-order valence-electron chi connectivity index (χ0n) is 16.1. The molecule has 136 valence electrons. The van der Waals surface area contributed by atoms with Crippen molar-refractivity contribution < 1.29 is 4.74 Å². The highest BCUT2D eigenvalue weighted by Gasteiger charge is 2.51. The fourth-order valence-electron chi connectivity index (χ4n) is 5.74. The summed E-state index contributed by atoms with van der Waals surface area (Å²) in [6.45, 7) is 3.18. The smallest absolute Gasteiger partial charge is 0.0713 e. The molecule has 0 unspecified atom stereocenters. The van der Waals surface area contributed by atoms with Crippen LogP contribution in [0, 0.1) is 5.41 Å². The van der Waals surface area contributed by atoms with E-state index in [1.54, 1.807) is 12.7 Å². The molecule has 2 aliphatic carbocycles. The highest BCUT2D eigenvalue weighted by Crippen LogP contribution is 2.61. The highest BCUT2D eigenvalue weighted by atomic mass is 16.5. The number of methoxy groups -OCH3 is 1. The molecule has 2 aliphatic rings. The minimum absolute atomic E-state index is 0.212. The summed E-state index contributed by atoms with van der Waals surface area (Å²) in [6, 6.07) is 27.2. The first-order valence-electron chi connectivity index (χ1n) is 9.94. The first-order valence-corrected chi connectivity index (χ1v) is 9.94. The third-order valence-electron chi connectivity index (χ3n) is 6.84. The first kappa shape index (κ1) is 16.8. The van der Waals surface area contributed by atoms with Crippen LogP contribution in [0.4, 0.5) is 0 Å². The summed E-state index contributed by atoms with van der Waals surface area (Å²) in [5, 5.41) is 0. The summed E-state index contributed by atoms with van der Waals surface area (Å²) in [5.41, 5.74) is 9.02. The molecule has 0 saturated carbocycles. The summed E-state index contributed by atoms with van der Waals surface area (Å²) in [6.07, 6.45) is 2.30. The molecular weight excluding hydrogens is 328 g/mol. The lowest BCUT2D eigenvalue weighted by atomic mass is 9.58. The normalized spacial score (nSPS) is 25.6. The minimum atomic E-state index is 0.212. The largest absolute Gasteiger partial charge is 0.380 e.